The Kier molecular flexibility index (Phi) is 0.970. The summed E-state index contributed by atoms with van der Waals surface area (Å²) in [5, 5.41) is 17.2. The molecule has 0 saturated carbocycles. The zero-order valence-electron chi connectivity index (χ0n) is 4.97. The van der Waals surface area contributed by atoms with Crippen molar-refractivity contribution in [3.05, 3.63) is 18.6 Å². The molecular formula is C4H4N6. The van der Waals surface area contributed by atoms with E-state index in [4.69, 9.17) is 0 Å². The summed E-state index contributed by atoms with van der Waals surface area (Å²) in [5.41, 5.74) is 0. The largest absolute Gasteiger partial charge is 0.199 e. The molecule has 0 saturated heterocycles. The highest BCUT2D eigenvalue weighted by Crippen LogP contribution is 1.93. The lowest BCUT2D eigenvalue weighted by molar-refractivity contribution is 0.773. The summed E-state index contributed by atoms with van der Waals surface area (Å²) in [7, 11) is 0. The Labute approximate surface area is 55.9 Å². The van der Waals surface area contributed by atoms with Gasteiger partial charge in [-0.2, -0.15) is 15.0 Å². The molecule has 2 heterocycles. The van der Waals surface area contributed by atoms with Gasteiger partial charge in [0.05, 0.1) is 18.6 Å². The van der Waals surface area contributed by atoms with Gasteiger partial charge in [0.2, 0.25) is 0 Å². The molecule has 0 spiro atoms. The molecule has 10 heavy (non-hydrogen) atoms. The van der Waals surface area contributed by atoms with Crippen molar-refractivity contribution >= 4 is 0 Å². The molecule has 0 aliphatic carbocycles. The lowest BCUT2D eigenvalue weighted by Gasteiger charge is -1.86. The second kappa shape index (κ2) is 1.90. The van der Waals surface area contributed by atoms with Gasteiger partial charge in [-0.1, -0.05) is 5.21 Å². The summed E-state index contributed by atoms with van der Waals surface area (Å²) < 4.78 is 1.52. The van der Waals surface area contributed by atoms with Crippen LogP contribution in [0.15, 0.2) is 18.6 Å². The van der Waals surface area contributed by atoms with E-state index in [-0.39, 0.29) is 0 Å². The summed E-state index contributed by atoms with van der Waals surface area (Å²) in [6.45, 7) is 0. The summed E-state index contributed by atoms with van der Waals surface area (Å²) in [4.78, 5) is 0. The number of nitrogens with zero attached hydrogens (tertiary/aromatic N) is 5. The molecule has 1 N–H and O–H groups in total. The standard InChI is InChI=1S/C4H4N6/c1-2-10(9-5-1)4-3-6-8-7-4/h1-3H,(H,6,7,8). The van der Waals surface area contributed by atoms with Crippen LogP contribution in [0.25, 0.3) is 5.82 Å². The molecule has 0 bridgehead atoms. The van der Waals surface area contributed by atoms with E-state index >= 15 is 0 Å². The first-order chi connectivity index (χ1) is 4.97. The molecule has 6 heteroatoms. The van der Waals surface area contributed by atoms with Gasteiger partial charge in [0.25, 0.3) is 0 Å². The topological polar surface area (TPSA) is 72.3 Å². The quantitative estimate of drug-likeness (QED) is 0.567. The molecule has 0 radical (unpaired) electrons. The lowest BCUT2D eigenvalue weighted by Crippen LogP contribution is -1.94. The molecule has 6 nitrogen and oxygen atoms in total. The molecule has 0 aliphatic heterocycles. The van der Waals surface area contributed by atoms with E-state index in [0.717, 1.165) is 0 Å². The Morgan fingerprint density at radius 2 is 2.50 bits per heavy atom. The highest BCUT2D eigenvalue weighted by molar-refractivity contribution is 5.11. The average Bonchev–Trinajstić information content (AvgIpc) is 2.59. The van der Waals surface area contributed by atoms with E-state index in [9.17, 15) is 0 Å². The third kappa shape index (κ3) is 0.661. The Bertz CT molecular complexity index is 249. The number of nitrogens with one attached hydrogen (secondary N) is 1. The number of hydrogen-bond acceptors (Lipinski definition) is 4. The van der Waals surface area contributed by atoms with Gasteiger partial charge in [-0.3, -0.25) is 0 Å². The SMILES string of the molecule is c1cn(-c2cn[nH]n2)nn1. The van der Waals surface area contributed by atoms with Crippen molar-refractivity contribution in [2.75, 3.05) is 0 Å². The summed E-state index contributed by atoms with van der Waals surface area (Å²) in [5.74, 6) is 0.637. The fourth-order valence-electron chi connectivity index (χ4n) is 0.636. The number of hydrogen-bond donors (Lipinski definition) is 1. The van der Waals surface area contributed by atoms with Crippen LogP contribution in [0.5, 0.6) is 0 Å². The van der Waals surface area contributed by atoms with Gasteiger partial charge in [0.15, 0.2) is 5.82 Å². The van der Waals surface area contributed by atoms with Crippen molar-refractivity contribution in [1.29, 1.82) is 0 Å². The van der Waals surface area contributed by atoms with Crippen LogP contribution < -0.4 is 0 Å². The van der Waals surface area contributed by atoms with Crippen molar-refractivity contribution < 1.29 is 0 Å². The molecule has 0 unspecified atom stereocenters. The highest BCUT2D eigenvalue weighted by atomic mass is 15.5. The van der Waals surface area contributed by atoms with E-state index < -0.39 is 0 Å². The Balaban J connectivity index is 2.48. The number of aromatic amines is 1. The van der Waals surface area contributed by atoms with Crippen LogP contribution in [-0.4, -0.2) is 30.4 Å². The van der Waals surface area contributed by atoms with Gasteiger partial charge in [-0.25, -0.2) is 0 Å². The minimum Gasteiger partial charge on any atom is -0.199 e. The van der Waals surface area contributed by atoms with E-state index in [2.05, 4.69) is 25.7 Å². The van der Waals surface area contributed by atoms with Crippen LogP contribution in [0.3, 0.4) is 0 Å². The van der Waals surface area contributed by atoms with Crippen LogP contribution >= 0.6 is 0 Å². The van der Waals surface area contributed by atoms with Gasteiger partial charge in [0.1, 0.15) is 0 Å². The van der Waals surface area contributed by atoms with Crippen molar-refractivity contribution in [2.24, 2.45) is 0 Å². The maximum atomic E-state index is 3.78. The second-order valence-corrected chi connectivity index (χ2v) is 1.68. The van der Waals surface area contributed by atoms with E-state index in [1.807, 2.05) is 0 Å². The smallest absolute Gasteiger partial charge is 0.196 e. The lowest BCUT2D eigenvalue weighted by atomic mass is 10.7. The molecule has 50 valence electrons. The fourth-order valence-corrected chi connectivity index (χ4v) is 0.636. The van der Waals surface area contributed by atoms with Gasteiger partial charge >= 0.3 is 0 Å². The maximum Gasteiger partial charge on any atom is 0.196 e. The van der Waals surface area contributed by atoms with Crippen LogP contribution in [0, 0.1) is 0 Å². The minimum absolute atomic E-state index is 0.637. The fraction of sp³-hybridized carbons (Fsp3) is 0. The van der Waals surface area contributed by atoms with Gasteiger partial charge in [-0.15, -0.1) is 10.2 Å². The number of aromatic nitrogens is 6. The van der Waals surface area contributed by atoms with Crippen LogP contribution in [0.4, 0.5) is 0 Å². The Hall–Kier alpha value is -1.72. The summed E-state index contributed by atoms with van der Waals surface area (Å²) in [6, 6.07) is 0. The summed E-state index contributed by atoms with van der Waals surface area (Å²) >= 11 is 0. The predicted molar refractivity (Wildman–Crippen MR) is 31.3 cm³/mol. The van der Waals surface area contributed by atoms with Gasteiger partial charge in [-0.05, 0) is 0 Å². The molecule has 0 fully saturated rings. The first kappa shape index (κ1) is 5.10. The normalized spacial score (nSPS) is 10.0. The van der Waals surface area contributed by atoms with Gasteiger partial charge in [0, 0.05) is 0 Å². The second-order valence-electron chi connectivity index (χ2n) is 1.68. The first-order valence-corrected chi connectivity index (χ1v) is 2.69. The third-order valence-corrected chi connectivity index (χ3v) is 1.06. The molecule has 0 atom stereocenters. The third-order valence-electron chi connectivity index (χ3n) is 1.06. The Morgan fingerprint density at radius 3 is 3.10 bits per heavy atom. The molecule has 0 amide bonds. The van der Waals surface area contributed by atoms with E-state index in [1.54, 1.807) is 18.6 Å². The van der Waals surface area contributed by atoms with Crippen molar-refractivity contribution in [1.82, 2.24) is 30.4 Å². The number of H-pyrrole nitrogens is 1. The van der Waals surface area contributed by atoms with E-state index in [1.165, 1.54) is 4.68 Å². The average molecular weight is 136 g/mol. The summed E-state index contributed by atoms with van der Waals surface area (Å²) in [6.07, 6.45) is 4.83. The minimum atomic E-state index is 0.637. The first-order valence-electron chi connectivity index (χ1n) is 2.69. The van der Waals surface area contributed by atoms with Gasteiger partial charge < -0.3 is 0 Å². The molecular weight excluding hydrogens is 132 g/mol. The molecule has 0 aromatic carbocycles. The molecule has 2 aromatic heterocycles. The molecule has 2 aromatic rings. The predicted octanol–water partition coefficient (Wildman–Crippen LogP) is -0.615. The Morgan fingerprint density at radius 1 is 1.50 bits per heavy atom. The van der Waals surface area contributed by atoms with Crippen LogP contribution in [-0.2, 0) is 0 Å². The molecule has 0 aliphatic rings. The van der Waals surface area contributed by atoms with Crippen molar-refractivity contribution in [2.45, 2.75) is 0 Å². The van der Waals surface area contributed by atoms with Crippen LogP contribution in [0.2, 0.25) is 0 Å². The maximum absolute atomic E-state index is 3.78. The molecule has 2 rings (SSSR count). The van der Waals surface area contributed by atoms with Crippen molar-refractivity contribution in [3.8, 4) is 5.82 Å². The zero-order chi connectivity index (χ0) is 6.81. The number of rotatable bonds is 1. The zero-order valence-corrected chi connectivity index (χ0v) is 4.97. The van der Waals surface area contributed by atoms with Crippen LogP contribution in [0.1, 0.15) is 0 Å². The van der Waals surface area contributed by atoms with E-state index in [0.29, 0.717) is 5.82 Å². The monoisotopic (exact) mass is 136 g/mol. The van der Waals surface area contributed by atoms with Crippen molar-refractivity contribution in [3.63, 3.8) is 0 Å². The highest BCUT2D eigenvalue weighted by Gasteiger charge is 1.96.